The second-order valence-corrected chi connectivity index (χ2v) is 23.0. The highest BCUT2D eigenvalue weighted by Crippen LogP contribution is 2.47. The summed E-state index contributed by atoms with van der Waals surface area (Å²) in [7, 11) is 3.56. The minimum atomic E-state index is -0.971. The van der Waals surface area contributed by atoms with Crippen molar-refractivity contribution in [1.29, 1.82) is 0 Å². The van der Waals surface area contributed by atoms with Gasteiger partial charge in [0.1, 0.15) is 11.5 Å². The molecular weight excluding hydrogens is 976 g/mol. The molecule has 4 atom stereocenters. The van der Waals surface area contributed by atoms with Crippen LogP contribution >= 0.6 is 23.2 Å². The number of carbonyl (C=O) groups is 4. The summed E-state index contributed by atoms with van der Waals surface area (Å²) in [6.45, 7) is 5.91. The fourth-order valence-electron chi connectivity index (χ4n) is 12.7. The van der Waals surface area contributed by atoms with Crippen molar-refractivity contribution < 1.29 is 38.9 Å². The van der Waals surface area contributed by atoms with E-state index in [1.165, 1.54) is 22.3 Å². The lowest BCUT2D eigenvalue weighted by atomic mass is 9.70. The third kappa shape index (κ3) is 12.0. The van der Waals surface area contributed by atoms with Gasteiger partial charge in [0.25, 0.3) is 0 Å². The van der Waals surface area contributed by atoms with Gasteiger partial charge in [-0.25, -0.2) is 0 Å². The average Bonchev–Trinajstić information content (AvgIpc) is 3.63. The summed E-state index contributed by atoms with van der Waals surface area (Å²) < 4.78 is 13.0. The molecule has 4 heterocycles. The molecule has 6 aliphatic rings. The Morgan fingerprint density at radius 2 is 0.919 bits per heavy atom. The highest BCUT2D eigenvalue weighted by Gasteiger charge is 2.44. The molecule has 4 aliphatic heterocycles. The molecule has 2 aliphatic carbocycles. The minimum absolute atomic E-state index is 0.0381. The van der Waals surface area contributed by atoms with E-state index in [2.05, 4.69) is 34.1 Å². The summed E-state index contributed by atoms with van der Waals surface area (Å²) in [6, 6.07) is 23.9. The predicted molar refractivity (Wildman–Crippen MR) is 292 cm³/mol. The summed E-state index contributed by atoms with van der Waals surface area (Å²) in [6.07, 6.45) is 16.9. The number of halogens is 2. The Morgan fingerprint density at radius 1 is 0.527 bits per heavy atom. The van der Waals surface area contributed by atoms with Crippen LogP contribution in [0, 0.1) is 0 Å². The molecule has 0 unspecified atom stereocenters. The minimum Gasteiger partial charge on any atom is -0.490 e. The van der Waals surface area contributed by atoms with E-state index in [4.69, 9.17) is 32.7 Å². The largest absolute Gasteiger partial charge is 0.490 e. The normalized spacial score (nSPS) is 24.9. The zero-order valence-electron chi connectivity index (χ0n) is 43.4. The summed E-state index contributed by atoms with van der Waals surface area (Å²) in [4.78, 5) is 58.6. The maximum absolute atomic E-state index is 12.9. The monoisotopic (exact) mass is 1050 g/mol. The van der Waals surface area contributed by atoms with Crippen LogP contribution in [0.4, 0.5) is 11.4 Å². The van der Waals surface area contributed by atoms with Crippen LogP contribution in [0.25, 0.3) is 0 Å². The van der Waals surface area contributed by atoms with Gasteiger partial charge < -0.3 is 39.3 Å². The Bertz CT molecular complexity index is 2520. The smallest absolute Gasteiger partial charge is 0.311 e. The van der Waals surface area contributed by atoms with Gasteiger partial charge in [-0.05, 0) is 146 Å². The Labute approximate surface area is 447 Å². The van der Waals surface area contributed by atoms with Crippen LogP contribution in [-0.4, -0.2) is 110 Å². The van der Waals surface area contributed by atoms with Gasteiger partial charge in [0.15, 0.2) is 0 Å². The van der Waals surface area contributed by atoms with Crippen LogP contribution in [0.2, 0.25) is 10.0 Å². The van der Waals surface area contributed by atoms with Gasteiger partial charge in [-0.3, -0.25) is 19.2 Å². The molecule has 2 spiro atoms. The fourth-order valence-corrected chi connectivity index (χ4v) is 13.1. The first-order valence-electron chi connectivity index (χ1n) is 27.3. The zero-order valence-corrected chi connectivity index (χ0v) is 44.9. The number of carbonyl (C=O) groups excluding carboxylic acids is 2. The number of carboxylic acids is 2. The second-order valence-electron chi connectivity index (χ2n) is 22.1. The van der Waals surface area contributed by atoms with Gasteiger partial charge >= 0.3 is 11.9 Å². The Balaban J connectivity index is 0.000000182. The molecule has 12 nitrogen and oxygen atoms in total. The van der Waals surface area contributed by atoms with E-state index in [0.29, 0.717) is 37.4 Å². The number of rotatable bonds is 2. The number of anilines is 2. The highest BCUT2D eigenvalue weighted by atomic mass is 35.5. The zero-order chi connectivity index (χ0) is 52.0. The molecule has 4 aromatic rings. The van der Waals surface area contributed by atoms with Gasteiger partial charge in [0, 0.05) is 87.1 Å². The molecule has 0 aromatic heterocycles. The lowest BCUT2D eigenvalue weighted by Gasteiger charge is -2.41. The highest BCUT2D eigenvalue weighted by molar-refractivity contribution is 6.31. The molecule has 14 heteroatoms. The van der Waals surface area contributed by atoms with Crippen LogP contribution in [0.15, 0.2) is 72.8 Å². The SMILES string of the molecule is CN1CCCCCCCN2C[C@@]3(CCCc4cc(Cl)ccc43)COc3ccc(cc32)[C@@H](C(=O)O)CC1=O.CN1CCCCCCCN2C[C@@]3(CCCc4cc(Cl)ccc43)COc3ccc(cc32)[C@H](C(=O)O)CC1=O. The van der Waals surface area contributed by atoms with Crippen molar-refractivity contribution in [2.45, 2.75) is 138 Å². The number of aryl methyl sites for hydroxylation is 2. The number of aliphatic carboxylic acids is 2. The molecule has 4 bridgehead atoms. The lowest BCUT2D eigenvalue weighted by Crippen LogP contribution is -2.46. The third-order valence-electron chi connectivity index (χ3n) is 17.0. The van der Waals surface area contributed by atoms with Crippen LogP contribution in [0.1, 0.15) is 148 Å². The van der Waals surface area contributed by atoms with Crippen LogP contribution in [0.5, 0.6) is 11.5 Å². The van der Waals surface area contributed by atoms with Crippen molar-refractivity contribution in [3.05, 3.63) is 116 Å². The van der Waals surface area contributed by atoms with Crippen molar-refractivity contribution in [1.82, 2.24) is 9.80 Å². The maximum Gasteiger partial charge on any atom is 0.311 e. The number of amides is 2. The quantitative estimate of drug-likeness (QED) is 0.199. The first-order valence-corrected chi connectivity index (χ1v) is 28.0. The molecule has 2 amide bonds. The molecular formula is C60H74Cl2N4O8. The van der Waals surface area contributed by atoms with Crippen LogP contribution < -0.4 is 19.3 Å². The number of benzene rings is 4. The summed E-state index contributed by atoms with van der Waals surface area (Å²) in [5.74, 6) is -2.38. The van der Waals surface area contributed by atoms with E-state index in [9.17, 15) is 29.4 Å². The van der Waals surface area contributed by atoms with E-state index >= 15 is 0 Å². The summed E-state index contributed by atoms with van der Waals surface area (Å²) >= 11 is 12.7. The Morgan fingerprint density at radius 3 is 1.32 bits per heavy atom. The predicted octanol–water partition coefficient (Wildman–Crippen LogP) is 11.6. The number of ether oxygens (including phenoxy) is 2. The molecule has 74 heavy (non-hydrogen) atoms. The molecule has 4 aromatic carbocycles. The number of fused-ring (bicyclic) bond motifs is 6. The topological polar surface area (TPSA) is 140 Å². The van der Waals surface area contributed by atoms with Gasteiger partial charge in [0.05, 0.1) is 36.4 Å². The van der Waals surface area contributed by atoms with Gasteiger partial charge in [-0.2, -0.15) is 0 Å². The van der Waals surface area contributed by atoms with Crippen molar-refractivity contribution in [2.75, 3.05) is 76.4 Å². The standard InChI is InChI=1S/2C30H37ClN2O4/c2*1-32-14-5-3-2-4-6-15-33-19-30(13-7-8-22-16-23(31)10-11-25(22)30)20-37-27-12-9-21(17-26(27)33)24(29(35)36)18-28(32)34/h2*9-12,16-17,24H,2-8,13-15,18-20H2,1H3,(H,35,36)/t24-,30+;24-,30-/m10/s1. The van der Waals surface area contributed by atoms with Crippen LogP contribution in [0.3, 0.4) is 0 Å². The van der Waals surface area contributed by atoms with Crippen molar-refractivity contribution >= 4 is 58.3 Å². The van der Waals surface area contributed by atoms with E-state index in [-0.39, 0.29) is 35.5 Å². The van der Waals surface area contributed by atoms with Crippen molar-refractivity contribution in [3.63, 3.8) is 0 Å². The third-order valence-corrected chi connectivity index (χ3v) is 17.4. The van der Waals surface area contributed by atoms with E-state index in [1.807, 2.05) is 48.5 Å². The molecule has 396 valence electrons. The first-order chi connectivity index (χ1) is 35.7. The number of carboxylic acid groups (broad SMARTS) is 2. The van der Waals surface area contributed by atoms with E-state index in [1.54, 1.807) is 23.9 Å². The summed E-state index contributed by atoms with van der Waals surface area (Å²) in [5, 5.41) is 21.7. The lowest BCUT2D eigenvalue weighted by molar-refractivity contribution is -0.142. The Hall–Kier alpha value is -5.46. The fraction of sp³-hybridized carbons (Fsp3) is 0.533. The number of hydrogen-bond donors (Lipinski definition) is 2. The van der Waals surface area contributed by atoms with Gasteiger partial charge in [0.2, 0.25) is 11.8 Å². The average molecular weight is 1050 g/mol. The van der Waals surface area contributed by atoms with Gasteiger partial charge in [-0.15, -0.1) is 0 Å². The first kappa shape index (κ1) is 53.4. The molecule has 2 N–H and O–H groups in total. The molecule has 0 saturated carbocycles. The molecule has 10 rings (SSSR count). The molecule has 0 saturated heterocycles. The van der Waals surface area contributed by atoms with Crippen LogP contribution in [-0.2, 0) is 42.8 Å². The van der Waals surface area contributed by atoms with Crippen molar-refractivity contribution in [3.8, 4) is 11.5 Å². The number of nitrogens with zero attached hydrogens (tertiary/aromatic N) is 4. The molecule has 0 radical (unpaired) electrons. The summed E-state index contributed by atoms with van der Waals surface area (Å²) in [5.41, 5.74) is 8.16. The molecule has 0 fully saturated rings. The second kappa shape index (κ2) is 23.6. The van der Waals surface area contributed by atoms with Gasteiger partial charge in [-0.1, -0.05) is 86.0 Å². The number of hydrogen-bond acceptors (Lipinski definition) is 8. The van der Waals surface area contributed by atoms with Crippen molar-refractivity contribution in [2.24, 2.45) is 0 Å². The van der Waals surface area contributed by atoms with E-state index < -0.39 is 23.8 Å². The maximum atomic E-state index is 12.9. The van der Waals surface area contributed by atoms with E-state index in [0.717, 1.165) is 162 Å². The Kier molecular flexibility index (Phi) is 17.0.